The minimum Gasteiger partial charge on any atom is -0.396 e. The predicted molar refractivity (Wildman–Crippen MR) is 142 cm³/mol. The summed E-state index contributed by atoms with van der Waals surface area (Å²) in [5, 5.41) is 9.92. The van der Waals surface area contributed by atoms with Crippen LogP contribution in [-0.2, 0) is 19.9 Å². The smallest absolute Gasteiger partial charge is 0.264 e. The molecule has 1 spiro atoms. The van der Waals surface area contributed by atoms with Crippen LogP contribution < -0.4 is 4.90 Å². The predicted octanol–water partition coefficient (Wildman–Crippen LogP) is 5.81. The maximum absolute atomic E-state index is 14.0. The first-order valence-electron chi connectivity index (χ1n) is 13.0. The fraction of sp³-hybridized carbons (Fsp3) is 0.679. The summed E-state index contributed by atoms with van der Waals surface area (Å²) in [6.45, 7) is 15.8. The number of aliphatic hydroxyl groups excluding tert-OH is 1. The van der Waals surface area contributed by atoms with Crippen LogP contribution >= 0.6 is 0 Å². The molecule has 1 aromatic rings. The first kappa shape index (κ1) is 27.1. The van der Waals surface area contributed by atoms with Gasteiger partial charge in [-0.15, -0.1) is 6.58 Å². The van der Waals surface area contributed by atoms with E-state index < -0.39 is 13.7 Å². The number of hydrogen-bond donors (Lipinski definition) is 1. The van der Waals surface area contributed by atoms with E-state index >= 15 is 0 Å². The Labute approximate surface area is 207 Å². The van der Waals surface area contributed by atoms with Gasteiger partial charge in [-0.25, -0.2) is 0 Å². The number of methoxy groups -OCH3 is 1. The number of amides is 1. The monoisotopic (exact) mass is 487 g/mol. The van der Waals surface area contributed by atoms with Crippen molar-refractivity contribution < 1.29 is 19.4 Å². The zero-order valence-electron chi connectivity index (χ0n) is 22.1. The van der Waals surface area contributed by atoms with E-state index in [1.54, 1.807) is 6.08 Å². The Morgan fingerprint density at radius 1 is 1.35 bits per heavy atom. The van der Waals surface area contributed by atoms with Gasteiger partial charge in [0.05, 0.1) is 26.0 Å². The van der Waals surface area contributed by atoms with Crippen molar-refractivity contribution in [3.63, 3.8) is 0 Å². The number of aliphatic hydroxyl groups is 1. The van der Waals surface area contributed by atoms with Crippen LogP contribution in [0.25, 0.3) is 0 Å². The average molecular weight is 488 g/mol. The van der Waals surface area contributed by atoms with Crippen molar-refractivity contribution in [2.45, 2.75) is 95.4 Å². The zero-order chi connectivity index (χ0) is 25.1. The highest BCUT2D eigenvalue weighted by Crippen LogP contribution is 2.60. The molecule has 0 aliphatic carbocycles. The van der Waals surface area contributed by atoms with Crippen LogP contribution in [0.15, 0.2) is 30.9 Å². The number of benzene rings is 1. The molecule has 5 atom stereocenters. The molecular formula is C28H45NO4Si. The second-order valence-corrected chi connectivity index (χ2v) is 16.1. The lowest BCUT2D eigenvalue weighted by atomic mass is 9.82. The molecule has 190 valence electrons. The molecule has 1 amide bonds. The summed E-state index contributed by atoms with van der Waals surface area (Å²) in [5.41, 5.74) is 2.36. The van der Waals surface area contributed by atoms with Crippen LogP contribution in [0.5, 0.6) is 0 Å². The lowest BCUT2D eigenvalue weighted by Gasteiger charge is -2.37. The number of rotatable bonds is 12. The summed E-state index contributed by atoms with van der Waals surface area (Å²) in [7, 11) is -0.000861. The number of fused-ring (bicyclic) bond motifs is 2. The molecule has 0 aromatic heterocycles. The van der Waals surface area contributed by atoms with Crippen LogP contribution in [-0.4, -0.2) is 51.6 Å². The van der Waals surface area contributed by atoms with E-state index in [4.69, 9.17) is 9.47 Å². The van der Waals surface area contributed by atoms with Gasteiger partial charge in [-0.2, -0.15) is 0 Å². The summed E-state index contributed by atoms with van der Waals surface area (Å²) in [6.07, 6.45) is 7.00. The third kappa shape index (κ3) is 4.79. The van der Waals surface area contributed by atoms with Crippen molar-refractivity contribution in [3.05, 3.63) is 42.0 Å². The molecule has 1 fully saturated rings. The maximum atomic E-state index is 14.0. The quantitative estimate of drug-likeness (QED) is 0.298. The molecule has 1 aromatic carbocycles. The van der Waals surface area contributed by atoms with Gasteiger partial charge in [0.2, 0.25) is 0 Å². The molecule has 0 bridgehead atoms. The van der Waals surface area contributed by atoms with Crippen LogP contribution in [0.2, 0.25) is 24.7 Å². The highest BCUT2D eigenvalue weighted by Gasteiger charge is 2.65. The number of carbonyl (C=O) groups is 1. The van der Waals surface area contributed by atoms with Crippen molar-refractivity contribution in [1.29, 1.82) is 0 Å². The van der Waals surface area contributed by atoms with E-state index in [1.165, 1.54) is 0 Å². The molecule has 5 nitrogen and oxygen atoms in total. The fourth-order valence-corrected chi connectivity index (χ4v) is 10.9. The van der Waals surface area contributed by atoms with Crippen molar-refractivity contribution >= 4 is 19.7 Å². The first-order valence-corrected chi connectivity index (χ1v) is 16.3. The molecule has 34 heavy (non-hydrogen) atoms. The number of carbonyl (C=O) groups excluding carboxylic acids is 1. The standard InChI is InChI=1S/C28H45NO4Si/c1-8-11-22(32-5)12-10-18-34(6,7)26-21(4)28(33-25(26)15-17-30)23-19-20(3)13-14-24(23)29(16-9-2)27(28)31/h9,13-14,19,21-22,25-26,30H,2,8,10-12,15-18H2,1,3-7H3. The zero-order valence-corrected chi connectivity index (χ0v) is 23.1. The van der Waals surface area contributed by atoms with E-state index in [0.717, 1.165) is 48.5 Å². The summed E-state index contributed by atoms with van der Waals surface area (Å²) in [5.74, 6) is 0.0700. The summed E-state index contributed by atoms with van der Waals surface area (Å²) in [6, 6.07) is 7.41. The molecule has 5 unspecified atom stereocenters. The second kappa shape index (κ2) is 11.1. The number of anilines is 1. The van der Waals surface area contributed by atoms with Gasteiger partial charge in [0.1, 0.15) is 0 Å². The maximum Gasteiger partial charge on any atom is 0.264 e. The summed E-state index contributed by atoms with van der Waals surface area (Å²) >= 11 is 0. The van der Waals surface area contributed by atoms with E-state index in [9.17, 15) is 9.90 Å². The molecule has 2 aliphatic heterocycles. The average Bonchev–Trinajstić information content (AvgIpc) is 3.21. The van der Waals surface area contributed by atoms with Crippen molar-refractivity contribution in [2.75, 3.05) is 25.2 Å². The number of nitrogens with zero attached hydrogens (tertiary/aromatic N) is 1. The Hall–Kier alpha value is -1.47. The highest BCUT2D eigenvalue weighted by atomic mass is 28.3. The van der Waals surface area contributed by atoms with Gasteiger partial charge in [-0.1, -0.05) is 69.6 Å². The van der Waals surface area contributed by atoms with Crippen LogP contribution in [0.1, 0.15) is 57.1 Å². The van der Waals surface area contributed by atoms with Gasteiger partial charge < -0.3 is 19.5 Å². The summed E-state index contributed by atoms with van der Waals surface area (Å²) in [4.78, 5) is 15.9. The number of ether oxygens (including phenoxy) is 2. The molecule has 6 heteroatoms. The Morgan fingerprint density at radius 3 is 2.71 bits per heavy atom. The van der Waals surface area contributed by atoms with E-state index in [0.29, 0.717) is 19.1 Å². The fourth-order valence-electron chi connectivity index (χ4n) is 6.67. The normalized spacial score (nSPS) is 27.4. The van der Waals surface area contributed by atoms with Gasteiger partial charge in [0, 0.05) is 31.7 Å². The van der Waals surface area contributed by atoms with Crippen molar-refractivity contribution in [2.24, 2.45) is 5.92 Å². The third-order valence-corrected chi connectivity index (χ3v) is 12.6. The topological polar surface area (TPSA) is 59.0 Å². The molecule has 0 radical (unpaired) electrons. The third-order valence-electron chi connectivity index (χ3n) is 8.24. The Bertz CT molecular complexity index is 872. The largest absolute Gasteiger partial charge is 0.396 e. The highest BCUT2D eigenvalue weighted by molar-refractivity contribution is 6.79. The van der Waals surface area contributed by atoms with E-state index in [2.05, 4.69) is 52.6 Å². The minimum absolute atomic E-state index is 0.0260. The van der Waals surface area contributed by atoms with Crippen LogP contribution in [0, 0.1) is 12.8 Å². The molecule has 1 N–H and O–H groups in total. The number of aryl methyl sites for hydroxylation is 1. The molecule has 3 rings (SSSR count). The lowest BCUT2D eigenvalue weighted by molar-refractivity contribution is -0.146. The molecule has 0 saturated carbocycles. The number of hydrogen-bond acceptors (Lipinski definition) is 4. The second-order valence-electron chi connectivity index (χ2n) is 11.0. The lowest BCUT2D eigenvalue weighted by Crippen LogP contribution is -2.46. The summed E-state index contributed by atoms with van der Waals surface area (Å²) < 4.78 is 12.5. The molecule has 2 aliphatic rings. The van der Waals surface area contributed by atoms with Crippen LogP contribution in [0.3, 0.4) is 0 Å². The van der Waals surface area contributed by atoms with Crippen molar-refractivity contribution in [1.82, 2.24) is 0 Å². The molecule has 2 heterocycles. The van der Waals surface area contributed by atoms with Gasteiger partial charge in [-0.05, 0) is 37.8 Å². The molecular weight excluding hydrogens is 442 g/mol. The SMILES string of the molecule is C=CCN1C(=O)C2(OC(CCO)C([Si](C)(C)CCCC(CCC)OC)C2C)c2cc(C)ccc21. The Morgan fingerprint density at radius 2 is 2.09 bits per heavy atom. The van der Waals surface area contributed by atoms with Gasteiger partial charge >= 0.3 is 0 Å². The Balaban J connectivity index is 1.95. The minimum atomic E-state index is -1.82. The Kier molecular flexibility index (Phi) is 8.83. The van der Waals surface area contributed by atoms with Gasteiger partial charge in [0.15, 0.2) is 5.60 Å². The van der Waals surface area contributed by atoms with Gasteiger partial charge in [0.25, 0.3) is 5.91 Å². The van der Waals surface area contributed by atoms with Gasteiger partial charge in [-0.3, -0.25) is 4.79 Å². The van der Waals surface area contributed by atoms with Crippen LogP contribution in [0.4, 0.5) is 5.69 Å². The first-order chi connectivity index (χ1) is 16.2. The van der Waals surface area contributed by atoms with E-state index in [1.807, 2.05) is 18.1 Å². The van der Waals surface area contributed by atoms with Crippen molar-refractivity contribution in [3.8, 4) is 0 Å². The molecule has 1 saturated heterocycles. The van der Waals surface area contributed by atoms with E-state index in [-0.39, 0.29) is 30.1 Å².